The highest BCUT2D eigenvalue weighted by Gasteiger charge is 2.24. The second-order valence-electron chi connectivity index (χ2n) is 4.47. The van der Waals surface area contributed by atoms with E-state index in [9.17, 15) is 23.7 Å². The van der Waals surface area contributed by atoms with E-state index in [1.54, 1.807) is 4.90 Å². The average Bonchev–Trinajstić information content (AvgIpc) is 2.41. The molecule has 0 spiro atoms. The summed E-state index contributed by atoms with van der Waals surface area (Å²) in [6.07, 6.45) is 2.01. The number of anilines is 1. The molecule has 1 aliphatic heterocycles. The molecule has 0 aromatic heterocycles. The summed E-state index contributed by atoms with van der Waals surface area (Å²) in [6.45, 7) is 0.856. The molecule has 1 aromatic carbocycles. The van der Waals surface area contributed by atoms with Crippen molar-refractivity contribution in [2.24, 2.45) is 5.92 Å². The molecule has 1 heterocycles. The van der Waals surface area contributed by atoms with Crippen molar-refractivity contribution in [1.82, 2.24) is 0 Å². The van der Waals surface area contributed by atoms with Crippen molar-refractivity contribution in [1.29, 1.82) is 0 Å². The minimum Gasteiger partial charge on any atom is -0.369 e. The van der Waals surface area contributed by atoms with Crippen LogP contribution in [0, 0.1) is 27.7 Å². The van der Waals surface area contributed by atoms with Gasteiger partial charge < -0.3 is 9.69 Å². The standard InChI is InChI=1S/C12H12F2N2O3/c13-9-6-12(16(18)19)10(14)5-11(9)15-3-1-8(7-17)2-4-15/h5-8H,1-4H2. The normalized spacial score (nSPS) is 16.4. The molecular formula is C12H12F2N2O3. The minimum atomic E-state index is -1.06. The van der Waals surface area contributed by atoms with Gasteiger partial charge in [0.05, 0.1) is 16.7 Å². The zero-order valence-corrected chi connectivity index (χ0v) is 10.0. The molecule has 102 valence electrons. The number of hydrogen-bond acceptors (Lipinski definition) is 4. The molecule has 2 rings (SSSR count). The lowest BCUT2D eigenvalue weighted by Crippen LogP contribution is -2.34. The Labute approximate surface area is 108 Å². The van der Waals surface area contributed by atoms with Crippen molar-refractivity contribution in [3.05, 3.63) is 33.9 Å². The second-order valence-corrected chi connectivity index (χ2v) is 4.47. The molecule has 0 atom stereocenters. The lowest BCUT2D eigenvalue weighted by Gasteiger charge is -2.31. The van der Waals surface area contributed by atoms with Crippen LogP contribution in [-0.2, 0) is 4.79 Å². The van der Waals surface area contributed by atoms with Crippen LogP contribution in [0.2, 0.25) is 0 Å². The first-order valence-corrected chi connectivity index (χ1v) is 5.86. The van der Waals surface area contributed by atoms with Crippen molar-refractivity contribution < 1.29 is 18.5 Å². The van der Waals surface area contributed by atoms with Gasteiger partial charge in [0.2, 0.25) is 5.82 Å². The van der Waals surface area contributed by atoms with Gasteiger partial charge in [-0.15, -0.1) is 0 Å². The van der Waals surface area contributed by atoms with Crippen molar-refractivity contribution in [2.45, 2.75) is 12.8 Å². The van der Waals surface area contributed by atoms with Crippen LogP contribution in [-0.4, -0.2) is 24.3 Å². The van der Waals surface area contributed by atoms with Gasteiger partial charge in [0, 0.05) is 25.1 Å². The van der Waals surface area contributed by atoms with Crippen LogP contribution in [0.5, 0.6) is 0 Å². The highest BCUT2D eigenvalue weighted by Crippen LogP contribution is 2.30. The minimum absolute atomic E-state index is 0.00690. The number of nitro groups is 1. The zero-order valence-electron chi connectivity index (χ0n) is 10.0. The van der Waals surface area contributed by atoms with E-state index in [1.165, 1.54) is 0 Å². The monoisotopic (exact) mass is 270 g/mol. The van der Waals surface area contributed by atoms with E-state index in [4.69, 9.17) is 0 Å². The first kappa shape index (κ1) is 13.4. The van der Waals surface area contributed by atoms with Crippen molar-refractivity contribution in [3.8, 4) is 0 Å². The van der Waals surface area contributed by atoms with Gasteiger partial charge in [-0.25, -0.2) is 4.39 Å². The third-order valence-electron chi connectivity index (χ3n) is 3.29. The maximum absolute atomic E-state index is 13.8. The summed E-state index contributed by atoms with van der Waals surface area (Å²) in [7, 11) is 0. The van der Waals surface area contributed by atoms with Gasteiger partial charge in [0.25, 0.3) is 0 Å². The molecular weight excluding hydrogens is 258 g/mol. The summed E-state index contributed by atoms with van der Waals surface area (Å²) in [5.41, 5.74) is -0.864. The van der Waals surface area contributed by atoms with Crippen LogP contribution >= 0.6 is 0 Å². The first-order chi connectivity index (χ1) is 9.02. The number of rotatable bonds is 3. The number of carbonyl (C=O) groups is 1. The molecule has 1 fully saturated rings. The molecule has 0 bridgehead atoms. The summed E-state index contributed by atoms with van der Waals surface area (Å²) in [5.74, 6) is -1.93. The van der Waals surface area contributed by atoms with E-state index in [1.807, 2.05) is 0 Å². The number of carbonyl (C=O) groups excluding carboxylic acids is 1. The van der Waals surface area contributed by atoms with Crippen LogP contribution in [0.25, 0.3) is 0 Å². The van der Waals surface area contributed by atoms with Gasteiger partial charge in [-0.05, 0) is 12.8 Å². The smallest absolute Gasteiger partial charge is 0.307 e. The number of halogens is 2. The van der Waals surface area contributed by atoms with Crippen LogP contribution in [0.4, 0.5) is 20.2 Å². The molecule has 0 N–H and O–H groups in total. The molecule has 5 nitrogen and oxygen atoms in total. The summed E-state index contributed by atoms with van der Waals surface area (Å²) in [4.78, 5) is 21.7. The summed E-state index contributed by atoms with van der Waals surface area (Å²) in [5, 5.41) is 10.5. The number of aldehydes is 1. The fourth-order valence-corrected chi connectivity index (χ4v) is 2.18. The van der Waals surface area contributed by atoms with Crippen molar-refractivity contribution in [2.75, 3.05) is 18.0 Å². The number of nitro benzene ring substituents is 1. The highest BCUT2D eigenvalue weighted by atomic mass is 19.1. The van der Waals surface area contributed by atoms with E-state index in [-0.39, 0.29) is 11.6 Å². The van der Waals surface area contributed by atoms with Gasteiger partial charge in [0.1, 0.15) is 6.29 Å². The molecule has 0 unspecified atom stereocenters. The lowest BCUT2D eigenvalue weighted by molar-refractivity contribution is -0.387. The van der Waals surface area contributed by atoms with Crippen LogP contribution < -0.4 is 4.90 Å². The molecule has 19 heavy (non-hydrogen) atoms. The molecule has 0 amide bonds. The molecule has 0 saturated carbocycles. The summed E-state index contributed by atoms with van der Waals surface area (Å²) >= 11 is 0. The van der Waals surface area contributed by atoms with E-state index >= 15 is 0 Å². The Kier molecular flexibility index (Phi) is 3.73. The van der Waals surface area contributed by atoms with Gasteiger partial charge in [0.15, 0.2) is 5.82 Å². The van der Waals surface area contributed by atoms with E-state index < -0.39 is 22.2 Å². The Morgan fingerprint density at radius 3 is 2.42 bits per heavy atom. The predicted octanol–water partition coefficient (Wildman–Crippen LogP) is 2.29. The SMILES string of the molecule is O=CC1CCN(c2cc(F)c([N+](=O)[O-])cc2F)CC1. The number of nitrogens with zero attached hydrogens (tertiary/aromatic N) is 2. The number of piperidine rings is 1. The molecule has 1 saturated heterocycles. The van der Waals surface area contributed by atoms with Crippen molar-refractivity contribution >= 4 is 17.7 Å². The molecule has 0 radical (unpaired) electrons. The maximum atomic E-state index is 13.8. The Bertz CT molecular complexity index is 514. The quantitative estimate of drug-likeness (QED) is 0.480. The van der Waals surface area contributed by atoms with Crippen molar-refractivity contribution in [3.63, 3.8) is 0 Å². The van der Waals surface area contributed by atoms with Gasteiger partial charge in [-0.3, -0.25) is 10.1 Å². The second kappa shape index (κ2) is 5.29. The fraction of sp³-hybridized carbons (Fsp3) is 0.417. The fourth-order valence-electron chi connectivity index (χ4n) is 2.18. The van der Waals surface area contributed by atoms with Gasteiger partial charge >= 0.3 is 5.69 Å². The maximum Gasteiger partial charge on any atom is 0.307 e. The molecule has 1 aliphatic rings. The summed E-state index contributed by atoms with van der Waals surface area (Å²) in [6, 6.07) is 1.44. The van der Waals surface area contributed by atoms with Gasteiger partial charge in [-0.2, -0.15) is 4.39 Å². The largest absolute Gasteiger partial charge is 0.369 e. The summed E-state index contributed by atoms with van der Waals surface area (Å²) < 4.78 is 27.3. The van der Waals surface area contributed by atoms with E-state index in [0.717, 1.165) is 12.4 Å². The lowest BCUT2D eigenvalue weighted by atomic mass is 9.98. The average molecular weight is 270 g/mol. The molecule has 1 aromatic rings. The Balaban J connectivity index is 2.24. The third-order valence-corrected chi connectivity index (χ3v) is 3.29. The third kappa shape index (κ3) is 2.69. The Hall–Kier alpha value is -2.05. The molecule has 7 heteroatoms. The van der Waals surface area contributed by atoms with E-state index in [0.29, 0.717) is 32.0 Å². The predicted molar refractivity (Wildman–Crippen MR) is 64.0 cm³/mol. The zero-order chi connectivity index (χ0) is 14.0. The molecule has 0 aliphatic carbocycles. The van der Waals surface area contributed by atoms with E-state index in [2.05, 4.69) is 0 Å². The first-order valence-electron chi connectivity index (χ1n) is 5.86. The van der Waals surface area contributed by atoms with Crippen LogP contribution in [0.3, 0.4) is 0 Å². The topological polar surface area (TPSA) is 63.5 Å². The van der Waals surface area contributed by atoms with Crippen LogP contribution in [0.15, 0.2) is 12.1 Å². The van der Waals surface area contributed by atoms with Crippen LogP contribution in [0.1, 0.15) is 12.8 Å². The number of hydrogen-bond donors (Lipinski definition) is 0. The Morgan fingerprint density at radius 1 is 1.26 bits per heavy atom. The Morgan fingerprint density at radius 2 is 1.89 bits per heavy atom. The van der Waals surface area contributed by atoms with Gasteiger partial charge in [-0.1, -0.05) is 0 Å². The number of benzene rings is 1. The highest BCUT2D eigenvalue weighted by molar-refractivity contribution is 5.57.